The molecule has 3 atom stereocenters. The number of carbonyl (C=O) groups excluding carboxylic acids is 1. The molecule has 1 aromatic rings. The first-order valence-corrected chi connectivity index (χ1v) is 7.67. The summed E-state index contributed by atoms with van der Waals surface area (Å²) in [6, 6.07) is 3.82. The summed E-state index contributed by atoms with van der Waals surface area (Å²) in [6.07, 6.45) is 1.06. The summed E-state index contributed by atoms with van der Waals surface area (Å²) >= 11 is 5.75. The highest BCUT2D eigenvalue weighted by Gasteiger charge is 2.42. The van der Waals surface area contributed by atoms with Gasteiger partial charge in [-0.05, 0) is 30.9 Å². The van der Waals surface area contributed by atoms with Gasteiger partial charge >= 0.3 is 5.97 Å². The number of rotatable bonds is 5. The Morgan fingerprint density at radius 1 is 1.32 bits per heavy atom. The second kappa shape index (κ2) is 6.65. The van der Waals surface area contributed by atoms with Crippen LogP contribution in [0, 0.1) is 23.6 Å². The van der Waals surface area contributed by atoms with E-state index in [1.807, 2.05) is 13.8 Å². The van der Waals surface area contributed by atoms with Crippen molar-refractivity contribution in [3.8, 4) is 0 Å². The molecule has 0 saturated heterocycles. The van der Waals surface area contributed by atoms with Gasteiger partial charge in [-0.25, -0.2) is 4.39 Å². The second-order valence-electron chi connectivity index (χ2n) is 6.02. The van der Waals surface area contributed by atoms with Crippen LogP contribution in [-0.2, 0) is 9.59 Å². The number of halogens is 2. The highest BCUT2D eigenvalue weighted by atomic mass is 35.5. The number of amides is 1. The van der Waals surface area contributed by atoms with Crippen molar-refractivity contribution in [2.45, 2.75) is 32.7 Å². The Morgan fingerprint density at radius 3 is 2.41 bits per heavy atom. The number of hydrogen-bond acceptors (Lipinski definition) is 2. The molecule has 1 amide bonds. The highest BCUT2D eigenvalue weighted by molar-refractivity contribution is 6.30. The predicted octanol–water partition coefficient (Wildman–Crippen LogP) is 3.40. The number of carboxylic acid groups (broad SMARTS) is 1. The van der Waals surface area contributed by atoms with Crippen molar-refractivity contribution in [3.63, 3.8) is 0 Å². The summed E-state index contributed by atoms with van der Waals surface area (Å²) in [5, 5.41) is 12.1. The molecule has 0 aromatic heterocycles. The summed E-state index contributed by atoms with van der Waals surface area (Å²) < 4.78 is 14.1. The van der Waals surface area contributed by atoms with E-state index in [4.69, 9.17) is 16.7 Å². The molecule has 1 aliphatic rings. The molecule has 4 nitrogen and oxygen atoms in total. The van der Waals surface area contributed by atoms with Gasteiger partial charge in [0.05, 0.1) is 17.9 Å². The van der Waals surface area contributed by atoms with Gasteiger partial charge < -0.3 is 10.4 Å². The maximum absolute atomic E-state index is 14.1. The van der Waals surface area contributed by atoms with E-state index >= 15 is 0 Å². The van der Waals surface area contributed by atoms with Crippen LogP contribution in [0.4, 0.5) is 4.39 Å². The van der Waals surface area contributed by atoms with Gasteiger partial charge in [0.15, 0.2) is 0 Å². The summed E-state index contributed by atoms with van der Waals surface area (Å²) in [7, 11) is 0. The van der Waals surface area contributed by atoms with Crippen molar-refractivity contribution in [2.24, 2.45) is 17.8 Å². The molecule has 0 radical (unpaired) electrons. The van der Waals surface area contributed by atoms with Gasteiger partial charge in [0.25, 0.3) is 0 Å². The van der Waals surface area contributed by atoms with Crippen LogP contribution < -0.4 is 5.32 Å². The van der Waals surface area contributed by atoms with Gasteiger partial charge in [-0.1, -0.05) is 31.5 Å². The van der Waals surface area contributed by atoms with Crippen LogP contribution in [0.2, 0.25) is 5.02 Å². The Hall–Kier alpha value is -1.62. The minimum absolute atomic E-state index is 0.0389. The van der Waals surface area contributed by atoms with Gasteiger partial charge in [0.2, 0.25) is 5.91 Å². The van der Waals surface area contributed by atoms with E-state index in [1.165, 1.54) is 6.07 Å². The van der Waals surface area contributed by atoms with Crippen molar-refractivity contribution < 1.29 is 19.1 Å². The maximum Gasteiger partial charge on any atom is 0.307 e. The molecule has 6 heteroatoms. The summed E-state index contributed by atoms with van der Waals surface area (Å²) in [5.41, 5.74) is 0.360. The monoisotopic (exact) mass is 327 g/mol. The van der Waals surface area contributed by atoms with Crippen molar-refractivity contribution in [1.29, 1.82) is 0 Å². The molecule has 22 heavy (non-hydrogen) atoms. The Labute approximate surface area is 133 Å². The molecule has 2 N–H and O–H groups in total. The molecule has 0 aliphatic heterocycles. The first-order valence-electron chi connectivity index (χ1n) is 7.29. The average Bonchev–Trinajstić information content (AvgIpc) is 2.34. The number of carboxylic acids is 1. The number of aliphatic carboxylic acids is 1. The summed E-state index contributed by atoms with van der Waals surface area (Å²) in [6.45, 7) is 3.74. The Bertz CT molecular complexity index is 591. The zero-order valence-corrected chi connectivity index (χ0v) is 13.2. The molecule has 0 bridgehead atoms. The molecule has 3 unspecified atom stereocenters. The van der Waals surface area contributed by atoms with E-state index in [9.17, 15) is 14.0 Å². The lowest BCUT2D eigenvalue weighted by molar-refractivity contribution is -0.153. The molecular formula is C16H19ClFNO3. The fraction of sp³-hybridized carbons (Fsp3) is 0.500. The molecule has 2 rings (SSSR count). The molecule has 0 heterocycles. The predicted molar refractivity (Wildman–Crippen MR) is 81.0 cm³/mol. The molecule has 1 aromatic carbocycles. The zero-order valence-electron chi connectivity index (χ0n) is 12.5. The Kier molecular flexibility index (Phi) is 5.06. The number of carbonyl (C=O) groups is 2. The number of hydrogen-bond donors (Lipinski definition) is 2. The van der Waals surface area contributed by atoms with E-state index in [0.717, 1.165) is 0 Å². The quantitative estimate of drug-likeness (QED) is 0.871. The van der Waals surface area contributed by atoms with Crippen LogP contribution in [0.15, 0.2) is 18.2 Å². The molecule has 1 saturated carbocycles. The number of nitrogens with one attached hydrogen (secondary N) is 1. The van der Waals surface area contributed by atoms with E-state index in [0.29, 0.717) is 23.4 Å². The largest absolute Gasteiger partial charge is 0.481 e. The normalized spacial score (nSPS) is 22.0. The van der Waals surface area contributed by atoms with E-state index in [-0.39, 0.29) is 11.8 Å². The lowest BCUT2D eigenvalue weighted by Crippen LogP contribution is -2.46. The van der Waals surface area contributed by atoms with E-state index in [2.05, 4.69) is 5.32 Å². The van der Waals surface area contributed by atoms with Gasteiger partial charge in [0.1, 0.15) is 5.82 Å². The SMILES string of the molecule is CC(C)C(NC(=O)C1CCC1C(=O)O)c1ccc(Cl)cc1F. The van der Waals surface area contributed by atoms with Crippen LogP contribution in [-0.4, -0.2) is 17.0 Å². The van der Waals surface area contributed by atoms with Crippen LogP contribution >= 0.6 is 11.6 Å². The third-order valence-corrected chi connectivity index (χ3v) is 4.43. The summed E-state index contributed by atoms with van der Waals surface area (Å²) in [4.78, 5) is 23.3. The Balaban J connectivity index is 2.16. The summed E-state index contributed by atoms with van der Waals surface area (Å²) in [5.74, 6) is -2.97. The first-order chi connectivity index (χ1) is 10.3. The first kappa shape index (κ1) is 16.7. The fourth-order valence-corrected chi connectivity index (χ4v) is 2.89. The molecule has 1 aliphatic carbocycles. The minimum atomic E-state index is -0.954. The van der Waals surface area contributed by atoms with Gasteiger partial charge in [0, 0.05) is 10.6 Å². The highest BCUT2D eigenvalue weighted by Crippen LogP contribution is 2.36. The molecule has 0 spiro atoms. The molecular weight excluding hydrogens is 309 g/mol. The Morgan fingerprint density at radius 2 is 1.95 bits per heavy atom. The maximum atomic E-state index is 14.1. The lowest BCUT2D eigenvalue weighted by Gasteiger charge is -2.34. The third kappa shape index (κ3) is 3.40. The average molecular weight is 328 g/mol. The zero-order chi connectivity index (χ0) is 16.4. The second-order valence-corrected chi connectivity index (χ2v) is 6.46. The topological polar surface area (TPSA) is 66.4 Å². The smallest absolute Gasteiger partial charge is 0.307 e. The van der Waals surface area contributed by atoms with Crippen LogP contribution in [0.25, 0.3) is 0 Å². The van der Waals surface area contributed by atoms with Gasteiger partial charge in [-0.2, -0.15) is 0 Å². The van der Waals surface area contributed by atoms with Gasteiger partial charge in [-0.15, -0.1) is 0 Å². The lowest BCUT2D eigenvalue weighted by atomic mass is 9.73. The molecule has 1 fully saturated rings. The standard InChI is InChI=1S/C16H19ClFNO3/c1-8(2)14(12-4-3-9(17)7-13(12)18)19-15(20)10-5-6-11(10)16(21)22/h3-4,7-8,10-11,14H,5-6H2,1-2H3,(H,19,20)(H,21,22). The van der Waals surface area contributed by atoms with Gasteiger partial charge in [-0.3, -0.25) is 9.59 Å². The fourth-order valence-electron chi connectivity index (χ4n) is 2.73. The van der Waals surface area contributed by atoms with Crippen LogP contribution in [0.5, 0.6) is 0 Å². The van der Waals surface area contributed by atoms with Crippen molar-refractivity contribution >= 4 is 23.5 Å². The number of benzene rings is 1. The molecule has 120 valence electrons. The van der Waals surface area contributed by atoms with Crippen LogP contribution in [0.1, 0.15) is 38.3 Å². The van der Waals surface area contributed by atoms with E-state index in [1.54, 1.807) is 12.1 Å². The third-order valence-electron chi connectivity index (χ3n) is 4.19. The van der Waals surface area contributed by atoms with Crippen molar-refractivity contribution in [1.82, 2.24) is 5.32 Å². The van der Waals surface area contributed by atoms with Crippen molar-refractivity contribution in [3.05, 3.63) is 34.6 Å². The van der Waals surface area contributed by atoms with E-state index < -0.39 is 29.7 Å². The minimum Gasteiger partial charge on any atom is -0.481 e. The van der Waals surface area contributed by atoms with Crippen molar-refractivity contribution in [2.75, 3.05) is 0 Å². The van der Waals surface area contributed by atoms with Crippen LogP contribution in [0.3, 0.4) is 0 Å².